The van der Waals surface area contributed by atoms with Gasteiger partial charge in [0.15, 0.2) is 0 Å². The van der Waals surface area contributed by atoms with Crippen LogP contribution in [0.5, 0.6) is 0 Å². The maximum Gasteiger partial charge on any atom is 0.129 e. The minimum Gasteiger partial charge on any atom is -0.381 e. The van der Waals surface area contributed by atoms with Crippen LogP contribution in [-0.4, -0.2) is 36.7 Å². The summed E-state index contributed by atoms with van der Waals surface area (Å²) in [5.41, 5.74) is 1.03. The second-order valence-corrected chi connectivity index (χ2v) is 5.09. The zero-order valence-corrected chi connectivity index (χ0v) is 11.0. The summed E-state index contributed by atoms with van der Waals surface area (Å²) in [6, 6.07) is 5.78. The first kappa shape index (κ1) is 12.8. The standard InChI is InChI=1S/C13H19ClN2O/c1-16(9-11-5-7-17-8-6-11)10-12-3-2-4-13(14)15-12/h2-4,11H,5-10H2,1H3. The number of hydrogen-bond donors (Lipinski definition) is 0. The van der Waals surface area contributed by atoms with Gasteiger partial charge < -0.3 is 9.64 Å². The first-order valence-electron chi connectivity index (χ1n) is 6.12. The van der Waals surface area contributed by atoms with Gasteiger partial charge in [0.1, 0.15) is 5.15 Å². The summed E-state index contributed by atoms with van der Waals surface area (Å²) in [5.74, 6) is 0.757. The molecule has 0 spiro atoms. The number of aromatic nitrogens is 1. The Hall–Kier alpha value is -0.640. The highest BCUT2D eigenvalue weighted by Gasteiger charge is 2.15. The Bertz CT molecular complexity index is 353. The van der Waals surface area contributed by atoms with Crippen molar-refractivity contribution < 1.29 is 4.74 Å². The Kier molecular flexibility index (Phi) is 4.77. The maximum absolute atomic E-state index is 5.87. The molecule has 0 aromatic carbocycles. The third-order valence-electron chi connectivity index (χ3n) is 3.12. The van der Waals surface area contributed by atoms with Gasteiger partial charge in [-0.25, -0.2) is 4.98 Å². The molecule has 0 atom stereocenters. The zero-order valence-electron chi connectivity index (χ0n) is 10.2. The molecule has 0 N–H and O–H groups in total. The van der Waals surface area contributed by atoms with Gasteiger partial charge in [0.2, 0.25) is 0 Å². The molecule has 1 aliphatic heterocycles. The second-order valence-electron chi connectivity index (χ2n) is 4.70. The molecule has 0 unspecified atom stereocenters. The van der Waals surface area contributed by atoms with Gasteiger partial charge in [0.25, 0.3) is 0 Å². The van der Waals surface area contributed by atoms with E-state index >= 15 is 0 Å². The van der Waals surface area contributed by atoms with Crippen LogP contribution in [-0.2, 0) is 11.3 Å². The number of hydrogen-bond acceptors (Lipinski definition) is 3. The highest BCUT2D eigenvalue weighted by Crippen LogP contribution is 2.16. The van der Waals surface area contributed by atoms with Crippen LogP contribution >= 0.6 is 11.6 Å². The van der Waals surface area contributed by atoms with E-state index in [1.807, 2.05) is 18.2 Å². The summed E-state index contributed by atoms with van der Waals surface area (Å²) in [7, 11) is 2.14. The molecule has 2 heterocycles. The van der Waals surface area contributed by atoms with E-state index in [0.717, 1.165) is 37.9 Å². The van der Waals surface area contributed by atoms with Crippen molar-refractivity contribution in [1.82, 2.24) is 9.88 Å². The smallest absolute Gasteiger partial charge is 0.129 e. The number of nitrogens with zero attached hydrogens (tertiary/aromatic N) is 2. The van der Waals surface area contributed by atoms with Gasteiger partial charge in [-0.2, -0.15) is 0 Å². The Morgan fingerprint density at radius 1 is 1.41 bits per heavy atom. The second kappa shape index (κ2) is 6.34. The lowest BCUT2D eigenvalue weighted by Crippen LogP contribution is -2.29. The Morgan fingerprint density at radius 2 is 2.18 bits per heavy atom. The molecule has 0 radical (unpaired) electrons. The molecule has 3 nitrogen and oxygen atoms in total. The molecule has 1 fully saturated rings. The summed E-state index contributed by atoms with van der Waals surface area (Å²) in [6.07, 6.45) is 2.35. The molecule has 0 aliphatic carbocycles. The van der Waals surface area contributed by atoms with E-state index in [2.05, 4.69) is 16.9 Å². The number of ether oxygens (including phenoxy) is 1. The first-order valence-corrected chi connectivity index (χ1v) is 6.49. The monoisotopic (exact) mass is 254 g/mol. The van der Waals surface area contributed by atoms with Crippen LogP contribution < -0.4 is 0 Å². The van der Waals surface area contributed by atoms with E-state index < -0.39 is 0 Å². The molecule has 2 rings (SSSR count). The van der Waals surface area contributed by atoms with Crippen molar-refractivity contribution in [2.24, 2.45) is 5.92 Å². The van der Waals surface area contributed by atoms with Crippen molar-refractivity contribution >= 4 is 11.6 Å². The number of rotatable bonds is 4. The van der Waals surface area contributed by atoms with E-state index in [1.54, 1.807) is 0 Å². The van der Waals surface area contributed by atoms with Crippen LogP contribution in [0.1, 0.15) is 18.5 Å². The van der Waals surface area contributed by atoms with Crippen LogP contribution in [0.4, 0.5) is 0 Å². The molecular weight excluding hydrogens is 236 g/mol. The lowest BCUT2D eigenvalue weighted by molar-refractivity contribution is 0.0548. The van der Waals surface area contributed by atoms with Crippen molar-refractivity contribution in [2.45, 2.75) is 19.4 Å². The van der Waals surface area contributed by atoms with Gasteiger partial charge >= 0.3 is 0 Å². The third kappa shape index (κ3) is 4.26. The molecule has 1 saturated heterocycles. The summed E-state index contributed by atoms with van der Waals surface area (Å²) in [4.78, 5) is 6.62. The summed E-state index contributed by atoms with van der Waals surface area (Å²) in [5, 5.41) is 0.571. The zero-order chi connectivity index (χ0) is 12.1. The number of halogens is 1. The Morgan fingerprint density at radius 3 is 2.88 bits per heavy atom. The molecule has 0 amide bonds. The summed E-state index contributed by atoms with van der Waals surface area (Å²) in [6.45, 7) is 3.79. The van der Waals surface area contributed by atoms with Gasteiger partial charge in [0.05, 0.1) is 5.69 Å². The topological polar surface area (TPSA) is 25.4 Å². The number of pyridine rings is 1. The van der Waals surface area contributed by atoms with Crippen LogP contribution in [0.25, 0.3) is 0 Å². The third-order valence-corrected chi connectivity index (χ3v) is 3.33. The van der Waals surface area contributed by atoms with Crippen molar-refractivity contribution in [3.8, 4) is 0 Å². The van der Waals surface area contributed by atoms with Gasteiger partial charge in [-0.15, -0.1) is 0 Å². The average Bonchev–Trinajstić information content (AvgIpc) is 2.30. The summed E-state index contributed by atoms with van der Waals surface area (Å²) >= 11 is 5.87. The highest BCUT2D eigenvalue weighted by atomic mass is 35.5. The Labute approximate surface area is 108 Å². The SMILES string of the molecule is CN(Cc1cccc(Cl)n1)CC1CCOCC1. The van der Waals surface area contributed by atoms with Crippen molar-refractivity contribution in [3.05, 3.63) is 29.0 Å². The lowest BCUT2D eigenvalue weighted by atomic mass is 10.00. The molecule has 1 aromatic heterocycles. The van der Waals surface area contributed by atoms with Gasteiger partial charge in [-0.1, -0.05) is 17.7 Å². The van der Waals surface area contributed by atoms with Crippen molar-refractivity contribution in [2.75, 3.05) is 26.8 Å². The normalized spacial score (nSPS) is 17.6. The van der Waals surface area contributed by atoms with Crippen molar-refractivity contribution in [1.29, 1.82) is 0 Å². The van der Waals surface area contributed by atoms with Gasteiger partial charge in [-0.3, -0.25) is 0 Å². The predicted molar refractivity (Wildman–Crippen MR) is 69.1 cm³/mol. The van der Waals surface area contributed by atoms with E-state index in [9.17, 15) is 0 Å². The van der Waals surface area contributed by atoms with Crippen LogP contribution in [0, 0.1) is 5.92 Å². The average molecular weight is 255 g/mol. The van der Waals surface area contributed by atoms with Crippen LogP contribution in [0.2, 0.25) is 5.15 Å². The molecule has 1 aromatic rings. The van der Waals surface area contributed by atoms with Crippen LogP contribution in [0.3, 0.4) is 0 Å². The van der Waals surface area contributed by atoms with Crippen LogP contribution in [0.15, 0.2) is 18.2 Å². The van der Waals surface area contributed by atoms with E-state index in [-0.39, 0.29) is 0 Å². The molecule has 4 heteroatoms. The molecule has 1 aliphatic rings. The summed E-state index contributed by atoms with van der Waals surface area (Å²) < 4.78 is 5.37. The first-order chi connectivity index (χ1) is 8.24. The highest BCUT2D eigenvalue weighted by molar-refractivity contribution is 6.29. The minimum atomic E-state index is 0.571. The molecular formula is C13H19ClN2O. The molecule has 94 valence electrons. The van der Waals surface area contributed by atoms with Crippen molar-refractivity contribution in [3.63, 3.8) is 0 Å². The molecule has 17 heavy (non-hydrogen) atoms. The fourth-order valence-electron chi connectivity index (χ4n) is 2.25. The molecule has 0 saturated carbocycles. The minimum absolute atomic E-state index is 0.571. The van der Waals surface area contributed by atoms with Gasteiger partial charge in [0, 0.05) is 26.3 Å². The fraction of sp³-hybridized carbons (Fsp3) is 0.615. The molecule has 0 bridgehead atoms. The quantitative estimate of drug-likeness (QED) is 0.773. The maximum atomic E-state index is 5.87. The van der Waals surface area contributed by atoms with E-state index in [1.165, 1.54) is 12.8 Å². The van der Waals surface area contributed by atoms with E-state index in [0.29, 0.717) is 5.15 Å². The Balaban J connectivity index is 1.82. The lowest BCUT2D eigenvalue weighted by Gasteiger charge is -2.26. The van der Waals surface area contributed by atoms with Gasteiger partial charge in [-0.05, 0) is 37.9 Å². The van der Waals surface area contributed by atoms with E-state index in [4.69, 9.17) is 16.3 Å². The fourth-order valence-corrected chi connectivity index (χ4v) is 2.43. The predicted octanol–water partition coefficient (Wildman–Crippen LogP) is 2.59. The largest absolute Gasteiger partial charge is 0.381 e.